The number of hydrogen-bond donors (Lipinski definition) is 1. The van der Waals surface area contributed by atoms with Crippen molar-refractivity contribution in [3.05, 3.63) is 34.9 Å². The second-order valence-corrected chi connectivity index (χ2v) is 6.22. The Labute approximate surface area is 130 Å². The topological polar surface area (TPSA) is 49.4 Å². The monoisotopic (exact) mass is 308 g/mol. The van der Waals surface area contributed by atoms with Crippen LogP contribution in [0.4, 0.5) is 0 Å². The van der Waals surface area contributed by atoms with E-state index in [1.165, 1.54) is 0 Å². The van der Waals surface area contributed by atoms with Gasteiger partial charge >= 0.3 is 0 Å². The van der Waals surface area contributed by atoms with Crippen molar-refractivity contribution in [3.8, 4) is 0 Å². The third-order valence-electron chi connectivity index (χ3n) is 3.64. The summed E-state index contributed by atoms with van der Waals surface area (Å²) in [6, 6.07) is 7.61. The van der Waals surface area contributed by atoms with Gasteiger partial charge in [-0.25, -0.2) is 0 Å². The summed E-state index contributed by atoms with van der Waals surface area (Å²) in [7, 11) is 0. The number of nitrogens with zero attached hydrogens (tertiary/aromatic N) is 1. The Morgan fingerprint density at radius 2 is 2.24 bits per heavy atom. The highest BCUT2D eigenvalue weighted by molar-refractivity contribution is 6.30. The molecular formula is C16H21ClN2O2. The van der Waals surface area contributed by atoms with E-state index in [9.17, 15) is 9.59 Å². The van der Waals surface area contributed by atoms with Gasteiger partial charge in [0, 0.05) is 30.5 Å². The van der Waals surface area contributed by atoms with Crippen molar-refractivity contribution in [1.29, 1.82) is 0 Å². The maximum atomic E-state index is 12.0. The number of hydrogen-bond acceptors (Lipinski definition) is 2. The second kappa shape index (κ2) is 6.94. The van der Waals surface area contributed by atoms with Gasteiger partial charge in [-0.1, -0.05) is 37.6 Å². The SMILES string of the molecule is CC(C)C(=O)N[C@H]1CC(=O)N(CCc2cccc(Cl)c2)C1. The number of likely N-dealkylation sites (tertiary alicyclic amines) is 1. The van der Waals surface area contributed by atoms with E-state index >= 15 is 0 Å². The Morgan fingerprint density at radius 1 is 1.48 bits per heavy atom. The summed E-state index contributed by atoms with van der Waals surface area (Å²) in [4.78, 5) is 25.5. The molecule has 1 atom stereocenters. The number of carbonyl (C=O) groups excluding carboxylic acids is 2. The zero-order valence-corrected chi connectivity index (χ0v) is 13.2. The van der Waals surface area contributed by atoms with Gasteiger partial charge in [0.15, 0.2) is 0 Å². The molecule has 0 unspecified atom stereocenters. The van der Waals surface area contributed by atoms with Gasteiger partial charge in [0.05, 0.1) is 6.04 Å². The summed E-state index contributed by atoms with van der Waals surface area (Å²) in [6.07, 6.45) is 1.17. The minimum absolute atomic E-state index is 0.00416. The standard InChI is InChI=1S/C16H21ClN2O2/c1-11(2)16(21)18-14-9-15(20)19(10-14)7-6-12-4-3-5-13(17)8-12/h3-5,8,11,14H,6-7,9-10H2,1-2H3,(H,18,21)/t14-/m0/s1. The Hall–Kier alpha value is -1.55. The highest BCUT2D eigenvalue weighted by Gasteiger charge is 2.30. The lowest BCUT2D eigenvalue weighted by Crippen LogP contribution is -2.39. The fraction of sp³-hybridized carbons (Fsp3) is 0.500. The first-order valence-corrected chi connectivity index (χ1v) is 7.66. The van der Waals surface area contributed by atoms with Crippen molar-refractivity contribution < 1.29 is 9.59 Å². The van der Waals surface area contributed by atoms with E-state index in [2.05, 4.69) is 5.32 Å². The molecule has 0 saturated carbocycles. The lowest BCUT2D eigenvalue weighted by molar-refractivity contribution is -0.127. The van der Waals surface area contributed by atoms with Gasteiger partial charge in [0.2, 0.25) is 11.8 Å². The summed E-state index contributed by atoms with van der Waals surface area (Å²) in [5, 5.41) is 3.63. The number of carbonyl (C=O) groups is 2. The molecule has 4 nitrogen and oxygen atoms in total. The summed E-state index contributed by atoms with van der Waals surface area (Å²) in [6.45, 7) is 4.96. The average Bonchev–Trinajstić information content (AvgIpc) is 2.76. The van der Waals surface area contributed by atoms with Crippen LogP contribution in [0.1, 0.15) is 25.8 Å². The molecule has 0 spiro atoms. The predicted molar refractivity (Wildman–Crippen MR) is 83.1 cm³/mol. The molecule has 0 aromatic heterocycles. The predicted octanol–water partition coefficient (Wildman–Crippen LogP) is 2.26. The molecule has 2 rings (SSSR count). The molecule has 1 N–H and O–H groups in total. The average molecular weight is 309 g/mol. The van der Waals surface area contributed by atoms with E-state index in [0.717, 1.165) is 12.0 Å². The van der Waals surface area contributed by atoms with Crippen molar-refractivity contribution in [2.24, 2.45) is 5.92 Å². The zero-order chi connectivity index (χ0) is 15.4. The number of nitrogens with one attached hydrogen (secondary N) is 1. The van der Waals surface area contributed by atoms with Crippen molar-refractivity contribution in [2.45, 2.75) is 32.7 Å². The molecule has 2 amide bonds. The fourth-order valence-corrected chi connectivity index (χ4v) is 2.62. The summed E-state index contributed by atoms with van der Waals surface area (Å²) < 4.78 is 0. The first kappa shape index (κ1) is 15.8. The van der Waals surface area contributed by atoms with Gasteiger partial charge in [0.25, 0.3) is 0 Å². The van der Waals surface area contributed by atoms with Crippen LogP contribution in [0.3, 0.4) is 0 Å². The van der Waals surface area contributed by atoms with Crippen LogP contribution < -0.4 is 5.32 Å². The van der Waals surface area contributed by atoms with Crippen LogP contribution >= 0.6 is 11.6 Å². The highest BCUT2D eigenvalue weighted by atomic mass is 35.5. The molecule has 5 heteroatoms. The van der Waals surface area contributed by atoms with Gasteiger partial charge in [-0.05, 0) is 24.1 Å². The Balaban J connectivity index is 1.85. The number of benzene rings is 1. The fourth-order valence-electron chi connectivity index (χ4n) is 2.41. The molecule has 114 valence electrons. The van der Waals surface area contributed by atoms with Crippen molar-refractivity contribution in [3.63, 3.8) is 0 Å². The first-order valence-electron chi connectivity index (χ1n) is 7.28. The minimum atomic E-state index is -0.0632. The Kier molecular flexibility index (Phi) is 5.23. The van der Waals surface area contributed by atoms with Crippen LogP contribution in [0.2, 0.25) is 5.02 Å². The minimum Gasteiger partial charge on any atom is -0.351 e. The third kappa shape index (κ3) is 4.46. The van der Waals surface area contributed by atoms with Gasteiger partial charge in [0.1, 0.15) is 0 Å². The Bertz CT molecular complexity index is 531. The molecule has 21 heavy (non-hydrogen) atoms. The van der Waals surface area contributed by atoms with Gasteiger partial charge in [-0.15, -0.1) is 0 Å². The van der Waals surface area contributed by atoms with E-state index < -0.39 is 0 Å². The quantitative estimate of drug-likeness (QED) is 0.907. The molecular weight excluding hydrogens is 288 g/mol. The van der Waals surface area contributed by atoms with Crippen LogP contribution in [-0.4, -0.2) is 35.8 Å². The van der Waals surface area contributed by atoms with Gasteiger partial charge in [-0.3, -0.25) is 9.59 Å². The normalized spacial score (nSPS) is 18.4. The highest BCUT2D eigenvalue weighted by Crippen LogP contribution is 2.15. The van der Waals surface area contributed by atoms with E-state index in [4.69, 9.17) is 11.6 Å². The van der Waals surface area contributed by atoms with Crippen molar-refractivity contribution in [1.82, 2.24) is 10.2 Å². The van der Waals surface area contributed by atoms with Crippen LogP contribution in [0, 0.1) is 5.92 Å². The lowest BCUT2D eigenvalue weighted by atomic mass is 10.1. The number of halogens is 1. The molecule has 1 saturated heterocycles. The number of amides is 2. The van der Waals surface area contributed by atoms with Crippen LogP contribution in [0.5, 0.6) is 0 Å². The maximum absolute atomic E-state index is 12.0. The Morgan fingerprint density at radius 3 is 2.90 bits per heavy atom. The van der Waals surface area contributed by atoms with Crippen molar-refractivity contribution >= 4 is 23.4 Å². The molecule has 1 aromatic carbocycles. The smallest absolute Gasteiger partial charge is 0.224 e. The molecule has 1 heterocycles. The van der Waals surface area contributed by atoms with E-state index in [1.807, 2.05) is 43.0 Å². The third-order valence-corrected chi connectivity index (χ3v) is 3.88. The second-order valence-electron chi connectivity index (χ2n) is 5.78. The molecule has 1 aliphatic rings. The van der Waals surface area contributed by atoms with Crippen LogP contribution in [0.25, 0.3) is 0 Å². The molecule has 1 fully saturated rings. The van der Waals surface area contributed by atoms with E-state index in [-0.39, 0.29) is 23.8 Å². The van der Waals surface area contributed by atoms with Gasteiger partial charge in [-0.2, -0.15) is 0 Å². The molecule has 0 bridgehead atoms. The van der Waals surface area contributed by atoms with Gasteiger partial charge < -0.3 is 10.2 Å². The van der Waals surface area contributed by atoms with E-state index in [0.29, 0.717) is 24.5 Å². The summed E-state index contributed by atoms with van der Waals surface area (Å²) in [5.41, 5.74) is 1.12. The van der Waals surface area contributed by atoms with Crippen molar-refractivity contribution in [2.75, 3.05) is 13.1 Å². The molecule has 1 aliphatic heterocycles. The lowest BCUT2D eigenvalue weighted by Gasteiger charge is -2.17. The molecule has 0 radical (unpaired) electrons. The van der Waals surface area contributed by atoms with Crippen LogP contribution in [-0.2, 0) is 16.0 Å². The molecule has 0 aliphatic carbocycles. The van der Waals surface area contributed by atoms with Crippen LogP contribution in [0.15, 0.2) is 24.3 Å². The summed E-state index contributed by atoms with van der Waals surface area (Å²) >= 11 is 5.95. The largest absolute Gasteiger partial charge is 0.351 e. The van der Waals surface area contributed by atoms with E-state index in [1.54, 1.807) is 0 Å². The number of rotatable bonds is 5. The zero-order valence-electron chi connectivity index (χ0n) is 12.4. The first-order chi connectivity index (χ1) is 9.95. The summed E-state index contributed by atoms with van der Waals surface area (Å²) in [5.74, 6) is 0.0520. The maximum Gasteiger partial charge on any atom is 0.224 e. The molecule has 1 aromatic rings.